The van der Waals surface area contributed by atoms with Crippen molar-refractivity contribution in [3.63, 3.8) is 0 Å². The average molecular weight is 236 g/mol. The van der Waals surface area contributed by atoms with Gasteiger partial charge in [0.2, 0.25) is 5.91 Å². The Bertz CT molecular complexity index is 603. The van der Waals surface area contributed by atoms with Gasteiger partial charge in [-0.2, -0.15) is 0 Å². The molecular formula is C11H10ClN3O. The summed E-state index contributed by atoms with van der Waals surface area (Å²) >= 11 is 5.99. The van der Waals surface area contributed by atoms with Crippen molar-refractivity contribution < 1.29 is 4.79 Å². The van der Waals surface area contributed by atoms with Crippen LogP contribution in [0.15, 0.2) is 12.1 Å². The number of hydrogen-bond acceptors (Lipinski definition) is 2. The van der Waals surface area contributed by atoms with Gasteiger partial charge < -0.3 is 9.88 Å². The highest BCUT2D eigenvalue weighted by atomic mass is 35.5. The molecule has 3 rings (SSSR count). The Morgan fingerprint density at radius 2 is 2.31 bits per heavy atom. The van der Waals surface area contributed by atoms with Crippen molar-refractivity contribution in [1.82, 2.24) is 9.55 Å². The number of halogens is 1. The van der Waals surface area contributed by atoms with Gasteiger partial charge in [0.05, 0.1) is 16.7 Å². The van der Waals surface area contributed by atoms with E-state index >= 15 is 0 Å². The maximum absolute atomic E-state index is 11.5. The van der Waals surface area contributed by atoms with E-state index in [0.29, 0.717) is 18.0 Å². The Kier molecular flexibility index (Phi) is 1.94. The molecule has 1 aromatic heterocycles. The molecule has 82 valence electrons. The first kappa shape index (κ1) is 9.66. The van der Waals surface area contributed by atoms with Gasteiger partial charge in [-0.3, -0.25) is 4.79 Å². The first-order valence-electron chi connectivity index (χ1n) is 5.11. The van der Waals surface area contributed by atoms with Gasteiger partial charge in [-0.15, -0.1) is 0 Å². The molecule has 1 N–H and O–H groups in total. The van der Waals surface area contributed by atoms with Gasteiger partial charge in [-0.25, -0.2) is 4.98 Å². The number of nitrogens with zero attached hydrogens (tertiary/aromatic N) is 2. The highest BCUT2D eigenvalue weighted by molar-refractivity contribution is 6.32. The molecule has 0 atom stereocenters. The van der Waals surface area contributed by atoms with Gasteiger partial charge in [0.1, 0.15) is 5.82 Å². The molecule has 2 heterocycles. The summed E-state index contributed by atoms with van der Waals surface area (Å²) in [6, 6.07) is 3.59. The molecule has 1 aliphatic rings. The fourth-order valence-electron chi connectivity index (χ4n) is 2.15. The summed E-state index contributed by atoms with van der Waals surface area (Å²) in [4.78, 5) is 16.0. The fourth-order valence-corrected chi connectivity index (χ4v) is 2.36. The molecule has 0 saturated heterocycles. The topological polar surface area (TPSA) is 46.9 Å². The summed E-state index contributed by atoms with van der Waals surface area (Å²) in [6.07, 6.45) is 0.471. The molecule has 16 heavy (non-hydrogen) atoms. The third kappa shape index (κ3) is 1.30. The highest BCUT2D eigenvalue weighted by Crippen LogP contribution is 2.30. The minimum absolute atomic E-state index is 0.0201. The molecule has 1 aromatic carbocycles. The second kappa shape index (κ2) is 3.22. The van der Waals surface area contributed by atoms with E-state index in [1.54, 1.807) is 6.07 Å². The number of aromatic nitrogens is 2. The van der Waals surface area contributed by atoms with Crippen molar-refractivity contribution in [1.29, 1.82) is 0 Å². The van der Waals surface area contributed by atoms with E-state index in [2.05, 4.69) is 14.9 Å². The molecule has 0 radical (unpaired) electrons. The third-order valence-electron chi connectivity index (χ3n) is 2.83. The van der Waals surface area contributed by atoms with Crippen LogP contribution in [0.2, 0.25) is 5.02 Å². The minimum Gasteiger partial charge on any atom is -0.326 e. The zero-order valence-corrected chi connectivity index (χ0v) is 9.51. The van der Waals surface area contributed by atoms with Crippen molar-refractivity contribution in [2.45, 2.75) is 19.9 Å². The number of rotatable bonds is 0. The van der Waals surface area contributed by atoms with Gasteiger partial charge in [0.15, 0.2) is 0 Å². The van der Waals surface area contributed by atoms with Gasteiger partial charge in [0, 0.05) is 18.0 Å². The second-order valence-electron chi connectivity index (χ2n) is 3.93. The Balaban J connectivity index is 2.40. The molecule has 1 amide bonds. The predicted octanol–water partition coefficient (Wildman–Crippen LogP) is 2.34. The summed E-state index contributed by atoms with van der Waals surface area (Å²) in [5.41, 5.74) is 2.56. The lowest BCUT2D eigenvalue weighted by molar-refractivity contribution is -0.116. The molecule has 5 heteroatoms. The molecule has 1 aliphatic heterocycles. The van der Waals surface area contributed by atoms with Crippen LogP contribution in [0.25, 0.3) is 11.0 Å². The molecule has 0 unspecified atom stereocenters. The Morgan fingerprint density at radius 3 is 3.12 bits per heavy atom. The predicted molar refractivity (Wildman–Crippen MR) is 62.7 cm³/mol. The Labute approximate surface area is 97.2 Å². The van der Waals surface area contributed by atoms with E-state index in [1.165, 1.54) is 0 Å². The normalized spacial score (nSPS) is 15.0. The zero-order chi connectivity index (χ0) is 11.3. The van der Waals surface area contributed by atoms with E-state index in [1.807, 2.05) is 13.0 Å². The summed E-state index contributed by atoms with van der Waals surface area (Å²) in [5, 5.41) is 3.45. The maximum Gasteiger partial charge on any atom is 0.226 e. The van der Waals surface area contributed by atoms with Crippen LogP contribution >= 0.6 is 11.6 Å². The minimum atomic E-state index is 0.0201. The van der Waals surface area contributed by atoms with Crippen molar-refractivity contribution in [3.8, 4) is 0 Å². The number of benzene rings is 1. The van der Waals surface area contributed by atoms with Crippen molar-refractivity contribution >= 4 is 34.2 Å². The van der Waals surface area contributed by atoms with Crippen LogP contribution in [-0.4, -0.2) is 15.5 Å². The van der Waals surface area contributed by atoms with E-state index in [-0.39, 0.29) is 5.91 Å². The number of hydrogen-bond donors (Lipinski definition) is 1. The molecule has 0 saturated carbocycles. The molecule has 2 aromatic rings. The summed E-state index contributed by atoms with van der Waals surface area (Å²) in [5.74, 6) is 0.932. The van der Waals surface area contributed by atoms with Crippen LogP contribution in [0.3, 0.4) is 0 Å². The van der Waals surface area contributed by atoms with Crippen molar-refractivity contribution in [2.24, 2.45) is 0 Å². The fraction of sp³-hybridized carbons (Fsp3) is 0.273. The Hall–Kier alpha value is -1.55. The van der Waals surface area contributed by atoms with Crippen LogP contribution in [0, 0.1) is 6.92 Å². The van der Waals surface area contributed by atoms with Crippen LogP contribution < -0.4 is 5.32 Å². The summed E-state index contributed by atoms with van der Waals surface area (Å²) in [7, 11) is 0. The van der Waals surface area contributed by atoms with E-state index in [9.17, 15) is 4.79 Å². The van der Waals surface area contributed by atoms with E-state index in [0.717, 1.165) is 22.5 Å². The van der Waals surface area contributed by atoms with Crippen LogP contribution in [-0.2, 0) is 11.3 Å². The average Bonchev–Trinajstić information content (AvgIpc) is 2.39. The molecular weight excluding hydrogens is 226 g/mol. The lowest BCUT2D eigenvalue weighted by Gasteiger charge is -2.04. The van der Waals surface area contributed by atoms with Crippen LogP contribution in [0.5, 0.6) is 0 Å². The monoisotopic (exact) mass is 235 g/mol. The Morgan fingerprint density at radius 1 is 1.50 bits per heavy atom. The lowest BCUT2D eigenvalue weighted by atomic mass is 10.2. The molecule has 4 nitrogen and oxygen atoms in total. The molecule has 0 spiro atoms. The first-order chi connectivity index (χ1) is 7.65. The first-order valence-corrected chi connectivity index (χ1v) is 5.49. The number of carbonyl (C=O) groups is 1. The zero-order valence-electron chi connectivity index (χ0n) is 8.75. The SMILES string of the molecule is Cc1nc2cc(Cl)cc3c2n1CCC(=O)N3. The number of nitrogens with one attached hydrogen (secondary N) is 1. The maximum atomic E-state index is 11.5. The standard InChI is InChI=1S/C11H10ClN3O/c1-6-13-8-4-7(12)5-9-11(8)15(6)3-2-10(16)14-9/h4-5H,2-3H2,1H3,(H,14,16). The molecule has 0 aliphatic carbocycles. The van der Waals surface area contributed by atoms with Gasteiger partial charge in [-0.05, 0) is 19.1 Å². The quantitative estimate of drug-likeness (QED) is 0.762. The summed E-state index contributed by atoms with van der Waals surface area (Å²) in [6.45, 7) is 2.61. The number of carbonyl (C=O) groups excluding carboxylic acids is 1. The largest absolute Gasteiger partial charge is 0.326 e. The van der Waals surface area contributed by atoms with E-state index < -0.39 is 0 Å². The van der Waals surface area contributed by atoms with E-state index in [4.69, 9.17) is 11.6 Å². The van der Waals surface area contributed by atoms with Crippen LogP contribution in [0.4, 0.5) is 5.69 Å². The van der Waals surface area contributed by atoms with Crippen molar-refractivity contribution in [3.05, 3.63) is 23.0 Å². The molecule has 0 fully saturated rings. The number of anilines is 1. The lowest BCUT2D eigenvalue weighted by Crippen LogP contribution is -2.10. The van der Waals surface area contributed by atoms with Gasteiger partial charge >= 0.3 is 0 Å². The number of aryl methyl sites for hydroxylation is 2. The smallest absolute Gasteiger partial charge is 0.226 e. The molecule has 0 bridgehead atoms. The van der Waals surface area contributed by atoms with Gasteiger partial charge in [-0.1, -0.05) is 11.6 Å². The van der Waals surface area contributed by atoms with Gasteiger partial charge in [0.25, 0.3) is 0 Å². The highest BCUT2D eigenvalue weighted by Gasteiger charge is 2.18. The number of imidazole rings is 1. The number of amides is 1. The third-order valence-corrected chi connectivity index (χ3v) is 3.05. The van der Waals surface area contributed by atoms with Crippen molar-refractivity contribution in [2.75, 3.05) is 5.32 Å². The second-order valence-corrected chi connectivity index (χ2v) is 4.37. The van der Waals surface area contributed by atoms with Crippen LogP contribution in [0.1, 0.15) is 12.2 Å². The summed E-state index contributed by atoms with van der Waals surface area (Å²) < 4.78 is 2.05.